The van der Waals surface area contributed by atoms with Gasteiger partial charge in [0, 0.05) is 17.6 Å². The molecule has 2 rings (SSSR count). The molecule has 0 bridgehead atoms. The first-order valence-electron chi connectivity index (χ1n) is 6.77. The second-order valence-electron chi connectivity index (χ2n) is 5.20. The Morgan fingerprint density at radius 2 is 2.10 bits per heavy atom. The van der Waals surface area contributed by atoms with Crippen LogP contribution in [0.25, 0.3) is 0 Å². The van der Waals surface area contributed by atoms with Gasteiger partial charge in [-0.1, -0.05) is 12.1 Å². The van der Waals surface area contributed by atoms with Gasteiger partial charge in [0.15, 0.2) is 5.78 Å². The molecule has 1 aliphatic rings. The quantitative estimate of drug-likeness (QED) is 0.823. The van der Waals surface area contributed by atoms with Crippen LogP contribution >= 0.6 is 12.4 Å². The highest BCUT2D eigenvalue weighted by Gasteiger charge is 2.26. The van der Waals surface area contributed by atoms with Crippen molar-refractivity contribution in [3.05, 3.63) is 29.8 Å². The van der Waals surface area contributed by atoms with Gasteiger partial charge in [0.1, 0.15) is 0 Å². The molecule has 5 nitrogen and oxygen atoms in total. The summed E-state index contributed by atoms with van der Waals surface area (Å²) in [6.07, 6.45) is 1.77. The Morgan fingerprint density at radius 3 is 2.71 bits per heavy atom. The molecule has 2 atom stereocenters. The number of Topliss-reactive ketones (excluding diaryl/α,β-unsaturated/α-hetero) is 1. The maximum Gasteiger partial charge on any atom is 0.240 e. The second kappa shape index (κ2) is 7.35. The zero-order valence-electron chi connectivity index (χ0n) is 12.1. The zero-order valence-corrected chi connectivity index (χ0v) is 13.8. The van der Waals surface area contributed by atoms with Crippen LogP contribution in [0.2, 0.25) is 0 Å². The number of halogens is 1. The van der Waals surface area contributed by atoms with E-state index in [4.69, 9.17) is 0 Å². The summed E-state index contributed by atoms with van der Waals surface area (Å²) in [7, 11) is -3.59. The summed E-state index contributed by atoms with van der Waals surface area (Å²) >= 11 is 0. The molecule has 1 heterocycles. The van der Waals surface area contributed by atoms with Gasteiger partial charge in [-0.3, -0.25) is 4.79 Å². The average Bonchev–Trinajstić information content (AvgIpc) is 2.41. The van der Waals surface area contributed by atoms with Crippen molar-refractivity contribution in [2.75, 3.05) is 6.54 Å². The van der Waals surface area contributed by atoms with Gasteiger partial charge in [0.2, 0.25) is 10.0 Å². The summed E-state index contributed by atoms with van der Waals surface area (Å²) in [5, 5.41) is 3.25. The number of ketones is 1. The lowest BCUT2D eigenvalue weighted by Gasteiger charge is -2.30. The molecule has 2 N–H and O–H groups in total. The van der Waals surface area contributed by atoms with E-state index < -0.39 is 10.0 Å². The van der Waals surface area contributed by atoms with E-state index in [9.17, 15) is 13.2 Å². The van der Waals surface area contributed by atoms with Gasteiger partial charge in [-0.25, -0.2) is 13.1 Å². The second-order valence-corrected chi connectivity index (χ2v) is 6.91. The zero-order chi connectivity index (χ0) is 14.8. The minimum Gasteiger partial charge on any atom is -0.313 e. The first kappa shape index (κ1) is 18.1. The van der Waals surface area contributed by atoms with Crippen molar-refractivity contribution in [3.8, 4) is 0 Å². The maximum atomic E-state index is 12.4. The van der Waals surface area contributed by atoms with Gasteiger partial charge < -0.3 is 5.32 Å². The highest BCUT2D eigenvalue weighted by molar-refractivity contribution is 7.89. The first-order valence-corrected chi connectivity index (χ1v) is 8.25. The van der Waals surface area contributed by atoms with E-state index in [1.807, 2.05) is 6.92 Å². The number of hydrogen-bond acceptors (Lipinski definition) is 4. The number of carbonyl (C=O) groups excluding carboxylic acids is 1. The number of piperidine rings is 1. The van der Waals surface area contributed by atoms with Crippen LogP contribution in [0.5, 0.6) is 0 Å². The molecule has 1 saturated heterocycles. The average molecular weight is 333 g/mol. The monoisotopic (exact) mass is 332 g/mol. The van der Waals surface area contributed by atoms with E-state index in [-0.39, 0.29) is 35.2 Å². The molecular formula is C14H21ClN2O3S. The minimum absolute atomic E-state index is 0. The van der Waals surface area contributed by atoms with Crippen LogP contribution < -0.4 is 10.0 Å². The van der Waals surface area contributed by atoms with Crippen molar-refractivity contribution in [1.29, 1.82) is 0 Å². The third-order valence-corrected chi connectivity index (χ3v) is 5.11. The molecule has 1 fully saturated rings. The molecule has 2 unspecified atom stereocenters. The summed E-state index contributed by atoms with van der Waals surface area (Å²) in [4.78, 5) is 11.5. The summed E-state index contributed by atoms with van der Waals surface area (Å²) in [6.45, 7) is 4.31. The van der Waals surface area contributed by atoms with Crippen LogP contribution in [-0.2, 0) is 10.0 Å². The summed E-state index contributed by atoms with van der Waals surface area (Å²) in [5.41, 5.74) is 0.405. The normalized spacial score (nSPS) is 22.4. The van der Waals surface area contributed by atoms with Crippen molar-refractivity contribution >= 4 is 28.2 Å². The Labute approximate surface area is 132 Å². The van der Waals surface area contributed by atoms with Crippen molar-refractivity contribution in [3.63, 3.8) is 0 Å². The fraction of sp³-hybridized carbons (Fsp3) is 0.500. The van der Waals surface area contributed by atoms with Gasteiger partial charge in [-0.05, 0) is 45.4 Å². The Balaban J connectivity index is 0.00000220. The van der Waals surface area contributed by atoms with Crippen LogP contribution in [-0.4, -0.2) is 32.8 Å². The van der Waals surface area contributed by atoms with E-state index in [0.29, 0.717) is 5.56 Å². The van der Waals surface area contributed by atoms with Crippen LogP contribution in [0.3, 0.4) is 0 Å². The highest BCUT2D eigenvalue weighted by atomic mass is 35.5. The summed E-state index contributed by atoms with van der Waals surface area (Å²) in [5.74, 6) is -0.144. The van der Waals surface area contributed by atoms with Gasteiger partial charge in [-0.2, -0.15) is 0 Å². The molecule has 1 aliphatic heterocycles. The van der Waals surface area contributed by atoms with Crippen molar-refractivity contribution < 1.29 is 13.2 Å². The number of rotatable bonds is 4. The van der Waals surface area contributed by atoms with Crippen molar-refractivity contribution in [1.82, 2.24) is 10.0 Å². The lowest BCUT2D eigenvalue weighted by Crippen LogP contribution is -2.51. The first-order chi connectivity index (χ1) is 9.40. The third kappa shape index (κ3) is 4.51. The molecule has 21 heavy (non-hydrogen) atoms. The number of carbonyl (C=O) groups is 1. The SMILES string of the molecule is CC(=O)c1cccc(S(=O)(=O)NC2CCCNC2C)c1.Cl. The van der Waals surface area contributed by atoms with Crippen molar-refractivity contribution in [2.45, 2.75) is 43.7 Å². The Bertz CT molecular complexity index is 604. The predicted molar refractivity (Wildman–Crippen MR) is 84.5 cm³/mol. The Kier molecular flexibility index (Phi) is 6.34. The van der Waals surface area contributed by atoms with E-state index >= 15 is 0 Å². The number of nitrogens with one attached hydrogen (secondary N) is 2. The Hall–Kier alpha value is -0.950. The molecule has 0 aromatic heterocycles. The van der Waals surface area contributed by atoms with Crippen molar-refractivity contribution in [2.24, 2.45) is 0 Å². The van der Waals surface area contributed by atoms with Crippen LogP contribution in [0.1, 0.15) is 37.0 Å². The molecule has 1 aromatic carbocycles. The molecular weight excluding hydrogens is 312 g/mol. The molecule has 1 aromatic rings. The smallest absolute Gasteiger partial charge is 0.240 e. The largest absolute Gasteiger partial charge is 0.313 e. The third-order valence-electron chi connectivity index (χ3n) is 3.62. The number of hydrogen-bond donors (Lipinski definition) is 2. The van der Waals surface area contributed by atoms with Crippen LogP contribution in [0, 0.1) is 0 Å². The molecule has 7 heteroatoms. The maximum absolute atomic E-state index is 12.4. The van der Waals surface area contributed by atoms with E-state index in [2.05, 4.69) is 10.0 Å². The lowest BCUT2D eigenvalue weighted by molar-refractivity contribution is 0.101. The molecule has 0 amide bonds. The summed E-state index contributed by atoms with van der Waals surface area (Å²) < 4.78 is 27.5. The topological polar surface area (TPSA) is 75.3 Å². The van der Waals surface area contributed by atoms with E-state index in [0.717, 1.165) is 19.4 Å². The minimum atomic E-state index is -3.59. The highest BCUT2D eigenvalue weighted by Crippen LogP contribution is 2.16. The molecule has 0 spiro atoms. The summed E-state index contributed by atoms with van der Waals surface area (Å²) in [6, 6.07) is 6.13. The van der Waals surface area contributed by atoms with Gasteiger partial charge >= 0.3 is 0 Å². The van der Waals surface area contributed by atoms with Crippen LogP contribution in [0.15, 0.2) is 29.2 Å². The van der Waals surface area contributed by atoms with Crippen LogP contribution in [0.4, 0.5) is 0 Å². The molecule has 118 valence electrons. The standard InChI is InChI=1S/C14H20N2O3S.ClH/c1-10-14(7-4-8-15-10)16-20(18,19)13-6-3-5-12(9-13)11(2)17;/h3,5-6,9-10,14-16H,4,7-8H2,1-2H3;1H. The fourth-order valence-electron chi connectivity index (χ4n) is 2.35. The lowest BCUT2D eigenvalue weighted by atomic mass is 10.0. The van der Waals surface area contributed by atoms with Gasteiger partial charge in [0.25, 0.3) is 0 Å². The van der Waals surface area contributed by atoms with Gasteiger partial charge in [0.05, 0.1) is 4.90 Å². The molecule has 0 aliphatic carbocycles. The van der Waals surface area contributed by atoms with Gasteiger partial charge in [-0.15, -0.1) is 12.4 Å². The fourth-order valence-corrected chi connectivity index (χ4v) is 3.75. The number of sulfonamides is 1. The molecule has 0 radical (unpaired) electrons. The number of benzene rings is 1. The van der Waals surface area contributed by atoms with E-state index in [1.54, 1.807) is 12.1 Å². The Morgan fingerprint density at radius 1 is 1.38 bits per heavy atom. The van der Waals surface area contributed by atoms with E-state index in [1.165, 1.54) is 19.1 Å². The predicted octanol–water partition coefficient (Wildman–Crippen LogP) is 1.73. The molecule has 0 saturated carbocycles.